The SMILES string of the molecule is CCn1ncc(CN(C)C(=O)c2cnn3c(C(F)(F)F)cc(-c4ccc(C(C)C)cc4)nc23)c1C. The topological polar surface area (TPSA) is 68.3 Å². The number of aryl methyl sites for hydroxylation is 1. The number of aromatic nitrogens is 5. The normalized spacial score (nSPS) is 12.0. The second kappa shape index (κ2) is 9.16. The summed E-state index contributed by atoms with van der Waals surface area (Å²) in [6.45, 7) is 8.91. The van der Waals surface area contributed by atoms with Gasteiger partial charge in [0.15, 0.2) is 11.3 Å². The van der Waals surface area contributed by atoms with E-state index in [-0.39, 0.29) is 29.4 Å². The predicted octanol–water partition coefficient (Wildman–Crippen LogP) is 5.34. The molecule has 10 heteroatoms. The number of carbonyl (C=O) groups is 1. The lowest BCUT2D eigenvalue weighted by Gasteiger charge is -2.17. The number of benzene rings is 1. The van der Waals surface area contributed by atoms with E-state index in [1.165, 1.54) is 4.90 Å². The van der Waals surface area contributed by atoms with Crippen LogP contribution in [-0.4, -0.2) is 42.2 Å². The van der Waals surface area contributed by atoms with Gasteiger partial charge in [0.05, 0.1) is 18.1 Å². The van der Waals surface area contributed by atoms with Crippen LogP contribution >= 0.6 is 0 Å². The van der Waals surface area contributed by atoms with Crippen molar-refractivity contribution in [3.63, 3.8) is 0 Å². The van der Waals surface area contributed by atoms with Crippen molar-refractivity contribution in [2.45, 2.75) is 52.9 Å². The number of hydrogen-bond acceptors (Lipinski definition) is 4. The van der Waals surface area contributed by atoms with Crippen molar-refractivity contribution in [3.8, 4) is 11.3 Å². The molecule has 7 nitrogen and oxygen atoms in total. The predicted molar refractivity (Wildman–Crippen MR) is 126 cm³/mol. The van der Waals surface area contributed by atoms with Crippen molar-refractivity contribution in [1.29, 1.82) is 0 Å². The summed E-state index contributed by atoms with van der Waals surface area (Å²) >= 11 is 0. The van der Waals surface area contributed by atoms with Crippen molar-refractivity contribution in [3.05, 3.63) is 70.8 Å². The highest BCUT2D eigenvalue weighted by molar-refractivity contribution is 5.99. The second-order valence-electron chi connectivity index (χ2n) is 8.83. The molecule has 0 aliphatic heterocycles. The minimum Gasteiger partial charge on any atom is -0.337 e. The molecule has 0 N–H and O–H groups in total. The molecule has 35 heavy (non-hydrogen) atoms. The van der Waals surface area contributed by atoms with Crippen molar-refractivity contribution >= 4 is 11.6 Å². The lowest BCUT2D eigenvalue weighted by atomic mass is 10.0. The Labute approximate surface area is 201 Å². The molecule has 0 aliphatic rings. The van der Waals surface area contributed by atoms with Crippen LogP contribution in [0.1, 0.15) is 59.6 Å². The first-order valence-corrected chi connectivity index (χ1v) is 11.3. The first-order valence-electron chi connectivity index (χ1n) is 11.3. The summed E-state index contributed by atoms with van der Waals surface area (Å²) in [7, 11) is 1.59. The van der Waals surface area contributed by atoms with E-state index >= 15 is 0 Å². The van der Waals surface area contributed by atoms with E-state index in [9.17, 15) is 18.0 Å². The Morgan fingerprint density at radius 1 is 1.11 bits per heavy atom. The van der Waals surface area contributed by atoms with Gasteiger partial charge in [0.25, 0.3) is 5.91 Å². The third-order valence-corrected chi connectivity index (χ3v) is 6.12. The number of rotatable bonds is 6. The number of nitrogens with zero attached hydrogens (tertiary/aromatic N) is 6. The van der Waals surface area contributed by atoms with Gasteiger partial charge in [-0.1, -0.05) is 38.1 Å². The first-order chi connectivity index (χ1) is 16.5. The summed E-state index contributed by atoms with van der Waals surface area (Å²) in [6, 6.07) is 8.19. The van der Waals surface area contributed by atoms with Gasteiger partial charge in [-0.3, -0.25) is 9.48 Å². The number of hydrogen-bond donors (Lipinski definition) is 0. The average Bonchev–Trinajstić information content (AvgIpc) is 3.40. The molecule has 4 rings (SSSR count). The van der Waals surface area contributed by atoms with Crippen LogP contribution in [0.25, 0.3) is 16.9 Å². The Balaban J connectivity index is 1.76. The fourth-order valence-corrected chi connectivity index (χ4v) is 3.99. The molecule has 0 spiro atoms. The summed E-state index contributed by atoms with van der Waals surface area (Å²) in [4.78, 5) is 19.1. The van der Waals surface area contributed by atoms with E-state index in [4.69, 9.17) is 0 Å². The lowest BCUT2D eigenvalue weighted by Crippen LogP contribution is -2.26. The van der Waals surface area contributed by atoms with Crippen LogP contribution in [0.5, 0.6) is 0 Å². The Morgan fingerprint density at radius 3 is 2.37 bits per heavy atom. The summed E-state index contributed by atoms with van der Waals surface area (Å²) < 4.78 is 44.3. The van der Waals surface area contributed by atoms with E-state index < -0.39 is 17.8 Å². The van der Waals surface area contributed by atoms with Crippen LogP contribution in [0, 0.1) is 6.92 Å². The van der Waals surface area contributed by atoms with E-state index in [1.54, 1.807) is 25.4 Å². The minimum absolute atomic E-state index is 0.000753. The molecule has 0 saturated heterocycles. The molecule has 4 aromatic rings. The quantitative estimate of drug-likeness (QED) is 0.371. The van der Waals surface area contributed by atoms with Crippen LogP contribution < -0.4 is 0 Å². The maximum atomic E-state index is 13.9. The molecule has 0 aliphatic carbocycles. The van der Waals surface area contributed by atoms with Crippen LogP contribution in [0.4, 0.5) is 13.2 Å². The van der Waals surface area contributed by atoms with Crippen LogP contribution in [0.2, 0.25) is 0 Å². The highest BCUT2D eigenvalue weighted by atomic mass is 19.4. The van der Waals surface area contributed by atoms with Gasteiger partial charge in [0.1, 0.15) is 5.56 Å². The van der Waals surface area contributed by atoms with Crippen molar-refractivity contribution in [2.24, 2.45) is 0 Å². The first kappa shape index (κ1) is 24.4. The molecular weight excluding hydrogens is 457 g/mol. The molecule has 184 valence electrons. The van der Waals surface area contributed by atoms with Gasteiger partial charge >= 0.3 is 6.18 Å². The third-order valence-electron chi connectivity index (χ3n) is 6.12. The monoisotopic (exact) mass is 484 g/mol. The van der Waals surface area contributed by atoms with Gasteiger partial charge in [-0.15, -0.1) is 0 Å². The smallest absolute Gasteiger partial charge is 0.337 e. The maximum Gasteiger partial charge on any atom is 0.433 e. The molecule has 0 fully saturated rings. The molecule has 0 saturated carbocycles. The zero-order chi connectivity index (χ0) is 25.5. The summed E-state index contributed by atoms with van der Waals surface area (Å²) in [5.41, 5.74) is 2.36. The summed E-state index contributed by atoms with van der Waals surface area (Å²) in [5.74, 6) is -0.190. The highest BCUT2D eigenvalue weighted by Gasteiger charge is 2.36. The van der Waals surface area contributed by atoms with Crippen LogP contribution in [-0.2, 0) is 19.3 Å². The summed E-state index contributed by atoms with van der Waals surface area (Å²) in [5, 5.41) is 8.16. The Bertz CT molecular complexity index is 1370. The average molecular weight is 485 g/mol. The molecule has 1 aromatic carbocycles. The summed E-state index contributed by atoms with van der Waals surface area (Å²) in [6.07, 6.45) is -1.85. The second-order valence-corrected chi connectivity index (χ2v) is 8.83. The molecule has 3 aromatic heterocycles. The van der Waals surface area contributed by atoms with Gasteiger partial charge < -0.3 is 4.90 Å². The molecule has 0 atom stereocenters. The zero-order valence-corrected chi connectivity index (χ0v) is 20.3. The number of amides is 1. The molecule has 0 unspecified atom stereocenters. The molecule has 3 heterocycles. The number of fused-ring (bicyclic) bond motifs is 1. The number of halogens is 3. The van der Waals surface area contributed by atoms with Crippen molar-refractivity contribution in [2.75, 3.05) is 7.05 Å². The number of alkyl halides is 3. The van der Waals surface area contributed by atoms with E-state index in [2.05, 4.69) is 15.2 Å². The molecule has 1 amide bonds. The minimum atomic E-state index is -4.68. The molecule has 0 bridgehead atoms. The van der Waals surface area contributed by atoms with Gasteiger partial charge in [-0.2, -0.15) is 23.4 Å². The van der Waals surface area contributed by atoms with Crippen LogP contribution in [0.3, 0.4) is 0 Å². The fraction of sp³-hybridized carbons (Fsp3) is 0.360. The highest BCUT2D eigenvalue weighted by Crippen LogP contribution is 2.33. The Hall–Kier alpha value is -3.69. The van der Waals surface area contributed by atoms with Gasteiger partial charge in [-0.25, -0.2) is 9.50 Å². The molecular formula is C25H27F3N6O. The van der Waals surface area contributed by atoms with E-state index in [1.807, 2.05) is 44.5 Å². The van der Waals surface area contributed by atoms with E-state index in [0.717, 1.165) is 29.1 Å². The Morgan fingerprint density at radius 2 is 1.80 bits per heavy atom. The van der Waals surface area contributed by atoms with Crippen LogP contribution in [0.15, 0.2) is 42.7 Å². The third kappa shape index (κ3) is 4.65. The van der Waals surface area contributed by atoms with Crippen molar-refractivity contribution in [1.82, 2.24) is 29.3 Å². The van der Waals surface area contributed by atoms with E-state index in [0.29, 0.717) is 16.6 Å². The number of carbonyl (C=O) groups excluding carboxylic acids is 1. The fourth-order valence-electron chi connectivity index (χ4n) is 3.99. The van der Waals surface area contributed by atoms with Gasteiger partial charge in [0, 0.05) is 37.0 Å². The Kier molecular flexibility index (Phi) is 6.40. The zero-order valence-electron chi connectivity index (χ0n) is 20.3. The standard InChI is InChI=1S/C25H27F3N6O/c1-6-33-16(4)19(12-29-33)14-32(5)24(35)20-13-30-34-22(25(26,27)28)11-21(31-23(20)34)18-9-7-17(8-10-18)15(2)3/h7-13,15H,6,14H2,1-5H3. The van der Waals surface area contributed by atoms with Gasteiger partial charge in [-0.05, 0) is 31.4 Å². The molecule has 0 radical (unpaired) electrons. The maximum absolute atomic E-state index is 13.9. The lowest BCUT2D eigenvalue weighted by molar-refractivity contribution is -0.142. The van der Waals surface area contributed by atoms with Gasteiger partial charge in [0.2, 0.25) is 0 Å². The van der Waals surface area contributed by atoms with Crippen molar-refractivity contribution < 1.29 is 18.0 Å². The largest absolute Gasteiger partial charge is 0.433 e.